The molecule has 0 spiro atoms. The molecule has 3 aromatic carbocycles. The van der Waals surface area contributed by atoms with Gasteiger partial charge in [-0.05, 0) is 72.6 Å². The van der Waals surface area contributed by atoms with Crippen molar-refractivity contribution < 1.29 is 18.3 Å². The van der Waals surface area contributed by atoms with Crippen LogP contribution >= 0.6 is 23.2 Å². The fourth-order valence-electron chi connectivity index (χ4n) is 3.19. The van der Waals surface area contributed by atoms with E-state index in [-0.39, 0.29) is 0 Å². The van der Waals surface area contributed by atoms with Gasteiger partial charge in [0.25, 0.3) is 0 Å². The van der Waals surface area contributed by atoms with Crippen LogP contribution in [0.3, 0.4) is 0 Å². The van der Waals surface area contributed by atoms with E-state index in [0.717, 1.165) is 12.1 Å². The first kappa shape index (κ1) is 20.2. The molecule has 0 aromatic heterocycles. The zero-order valence-corrected chi connectivity index (χ0v) is 16.3. The summed E-state index contributed by atoms with van der Waals surface area (Å²) in [5.41, 5.74) is -0.204. The average molecular weight is 416 g/mol. The zero-order chi connectivity index (χ0) is 19.9. The molecule has 7 heteroatoms. The predicted molar refractivity (Wildman–Crippen MR) is 105 cm³/mol. The topological polar surface area (TPSA) is 23.5 Å². The summed E-state index contributed by atoms with van der Waals surface area (Å²) >= 11 is 12.4. The summed E-state index contributed by atoms with van der Waals surface area (Å²) in [6, 6.07) is 8.40. The molecule has 1 N–H and O–H groups in total. The fraction of sp³-hybridized carbons (Fsp3) is 0.300. The number of hydrogen-bond acceptors (Lipinski definition) is 2. The number of alkyl halides is 3. The van der Waals surface area contributed by atoms with E-state index in [4.69, 9.17) is 23.2 Å². The Balaban J connectivity index is 2.32. The van der Waals surface area contributed by atoms with Crippen molar-refractivity contribution in [3.8, 4) is 0 Å². The highest BCUT2D eigenvalue weighted by Gasteiger charge is 2.31. The molecule has 3 aromatic rings. The Labute approximate surface area is 165 Å². The summed E-state index contributed by atoms with van der Waals surface area (Å²) in [6.07, 6.45) is -4.86. The third-order valence-electron chi connectivity index (χ3n) is 4.55. The van der Waals surface area contributed by atoms with E-state index in [1.807, 2.05) is 19.0 Å². The zero-order valence-electron chi connectivity index (χ0n) is 14.7. The van der Waals surface area contributed by atoms with Crippen LogP contribution in [0.15, 0.2) is 36.4 Å². The van der Waals surface area contributed by atoms with Gasteiger partial charge in [0.05, 0.1) is 11.7 Å². The SMILES string of the molecule is CN(C)CC[C@H](O)c1cc2c(Cl)cc(Cl)cc2c2cc(C(F)(F)F)ccc12. The van der Waals surface area contributed by atoms with Crippen LogP contribution in [0.5, 0.6) is 0 Å². The number of aliphatic hydroxyl groups excluding tert-OH is 1. The van der Waals surface area contributed by atoms with Crippen LogP contribution in [-0.4, -0.2) is 30.6 Å². The summed E-state index contributed by atoms with van der Waals surface area (Å²) in [5, 5.41) is 13.4. The second-order valence-electron chi connectivity index (χ2n) is 6.81. The molecule has 0 amide bonds. The van der Waals surface area contributed by atoms with Gasteiger partial charge in [-0.25, -0.2) is 0 Å². The van der Waals surface area contributed by atoms with Gasteiger partial charge in [-0.2, -0.15) is 13.2 Å². The molecule has 0 heterocycles. The summed E-state index contributed by atoms with van der Waals surface area (Å²) in [4.78, 5) is 1.93. The highest BCUT2D eigenvalue weighted by atomic mass is 35.5. The number of hydrogen-bond donors (Lipinski definition) is 1. The molecule has 0 saturated heterocycles. The van der Waals surface area contributed by atoms with Gasteiger partial charge < -0.3 is 10.0 Å². The normalized spacial score (nSPS) is 13.7. The molecule has 3 rings (SSSR count). The lowest BCUT2D eigenvalue weighted by Gasteiger charge is -2.19. The lowest BCUT2D eigenvalue weighted by molar-refractivity contribution is -0.137. The maximum absolute atomic E-state index is 13.2. The minimum atomic E-state index is -4.47. The van der Waals surface area contributed by atoms with Crippen molar-refractivity contribution in [2.24, 2.45) is 0 Å². The number of aliphatic hydroxyl groups is 1. The van der Waals surface area contributed by atoms with Crippen molar-refractivity contribution in [3.05, 3.63) is 57.6 Å². The Kier molecular flexibility index (Phi) is 5.59. The van der Waals surface area contributed by atoms with E-state index in [1.54, 1.807) is 18.2 Å². The lowest BCUT2D eigenvalue weighted by atomic mass is 9.92. The molecule has 144 valence electrons. The largest absolute Gasteiger partial charge is 0.416 e. The Morgan fingerprint density at radius 1 is 0.963 bits per heavy atom. The van der Waals surface area contributed by atoms with Crippen molar-refractivity contribution in [1.82, 2.24) is 4.90 Å². The number of rotatable bonds is 4. The summed E-state index contributed by atoms with van der Waals surface area (Å²) in [7, 11) is 3.78. The number of nitrogens with zero attached hydrogens (tertiary/aromatic N) is 1. The highest BCUT2D eigenvalue weighted by molar-refractivity contribution is 6.39. The van der Waals surface area contributed by atoms with Crippen LogP contribution in [-0.2, 0) is 6.18 Å². The van der Waals surface area contributed by atoms with Gasteiger partial charge in [0.1, 0.15) is 0 Å². The standard InChI is InChI=1S/C20H18Cl2F3NO/c1-26(2)6-5-19(27)17-10-16-15(8-12(21)9-18(16)22)14-7-11(20(23,24)25)3-4-13(14)17/h3-4,7-10,19,27H,5-6H2,1-2H3/t19-/m0/s1. The minimum absolute atomic E-state index is 0.331. The Hall–Kier alpha value is -1.53. The molecule has 0 unspecified atom stereocenters. The smallest absolute Gasteiger partial charge is 0.388 e. The quantitative estimate of drug-likeness (QED) is 0.505. The van der Waals surface area contributed by atoms with Crippen molar-refractivity contribution in [1.29, 1.82) is 0 Å². The lowest BCUT2D eigenvalue weighted by Crippen LogP contribution is -2.16. The van der Waals surface area contributed by atoms with Crippen molar-refractivity contribution in [2.75, 3.05) is 20.6 Å². The van der Waals surface area contributed by atoms with Crippen LogP contribution in [0.25, 0.3) is 21.5 Å². The van der Waals surface area contributed by atoms with Crippen molar-refractivity contribution in [3.63, 3.8) is 0 Å². The summed E-state index contributed by atoms with van der Waals surface area (Å²) in [5.74, 6) is 0. The molecule has 0 fully saturated rings. The molecule has 0 aliphatic carbocycles. The third kappa shape index (κ3) is 4.16. The number of halogens is 5. The molecule has 0 aliphatic heterocycles. The summed E-state index contributed by atoms with van der Waals surface area (Å²) < 4.78 is 39.7. The average Bonchev–Trinajstić information content (AvgIpc) is 2.57. The van der Waals surface area contributed by atoms with E-state index in [2.05, 4.69) is 0 Å². The second-order valence-corrected chi connectivity index (χ2v) is 7.66. The Morgan fingerprint density at radius 3 is 2.26 bits per heavy atom. The maximum Gasteiger partial charge on any atom is 0.416 e. The van der Waals surface area contributed by atoms with Crippen LogP contribution in [0.2, 0.25) is 10.0 Å². The third-order valence-corrected chi connectivity index (χ3v) is 5.08. The molecule has 2 nitrogen and oxygen atoms in total. The van der Waals surface area contributed by atoms with E-state index in [9.17, 15) is 18.3 Å². The van der Waals surface area contributed by atoms with Crippen LogP contribution in [0.4, 0.5) is 13.2 Å². The molecule has 0 aliphatic rings. The molecule has 1 atom stereocenters. The van der Waals surface area contributed by atoms with Crippen LogP contribution in [0.1, 0.15) is 23.7 Å². The van der Waals surface area contributed by atoms with Gasteiger partial charge in [0, 0.05) is 22.0 Å². The molecule has 0 radical (unpaired) electrons. The number of benzene rings is 3. The molecular formula is C20H18Cl2F3NO. The van der Waals surface area contributed by atoms with E-state index < -0.39 is 17.8 Å². The van der Waals surface area contributed by atoms with Gasteiger partial charge >= 0.3 is 6.18 Å². The van der Waals surface area contributed by atoms with E-state index >= 15 is 0 Å². The molecular weight excluding hydrogens is 398 g/mol. The van der Waals surface area contributed by atoms with E-state index in [1.165, 1.54) is 6.07 Å². The second kappa shape index (κ2) is 7.47. The van der Waals surface area contributed by atoms with E-state index in [0.29, 0.717) is 50.1 Å². The molecule has 0 saturated carbocycles. The molecule has 0 bridgehead atoms. The predicted octanol–water partition coefficient (Wildman–Crippen LogP) is 6.30. The molecule has 27 heavy (non-hydrogen) atoms. The first-order chi connectivity index (χ1) is 12.6. The first-order valence-corrected chi connectivity index (χ1v) is 9.09. The summed E-state index contributed by atoms with van der Waals surface area (Å²) in [6.45, 7) is 0.635. The van der Waals surface area contributed by atoms with Gasteiger partial charge in [0.15, 0.2) is 0 Å². The minimum Gasteiger partial charge on any atom is -0.388 e. The maximum atomic E-state index is 13.2. The van der Waals surface area contributed by atoms with Crippen molar-refractivity contribution in [2.45, 2.75) is 18.7 Å². The van der Waals surface area contributed by atoms with Gasteiger partial charge in [-0.3, -0.25) is 0 Å². The van der Waals surface area contributed by atoms with Crippen LogP contribution in [0, 0.1) is 0 Å². The Morgan fingerprint density at radius 2 is 1.63 bits per heavy atom. The van der Waals surface area contributed by atoms with Crippen LogP contribution < -0.4 is 0 Å². The van der Waals surface area contributed by atoms with Gasteiger partial charge in [0.2, 0.25) is 0 Å². The fourth-order valence-corrected chi connectivity index (χ4v) is 3.74. The monoisotopic (exact) mass is 415 g/mol. The first-order valence-electron chi connectivity index (χ1n) is 8.33. The number of fused-ring (bicyclic) bond motifs is 3. The highest BCUT2D eigenvalue weighted by Crippen LogP contribution is 2.40. The van der Waals surface area contributed by atoms with Gasteiger partial charge in [-0.15, -0.1) is 0 Å². The Bertz CT molecular complexity index is 1000. The van der Waals surface area contributed by atoms with Crippen molar-refractivity contribution >= 4 is 44.7 Å². The van der Waals surface area contributed by atoms with Gasteiger partial charge in [-0.1, -0.05) is 29.3 Å².